The fraction of sp³-hybridized carbons (Fsp3) is 0.385. The van der Waals surface area contributed by atoms with E-state index in [9.17, 15) is 4.79 Å². The highest BCUT2D eigenvalue weighted by Crippen LogP contribution is 2.34. The number of esters is 1. The van der Waals surface area contributed by atoms with Gasteiger partial charge in [-0.15, -0.1) is 11.8 Å². The van der Waals surface area contributed by atoms with E-state index in [1.54, 1.807) is 11.8 Å². The molecule has 19 heavy (non-hydrogen) atoms. The lowest BCUT2D eigenvalue weighted by Gasteiger charge is -2.14. The number of methoxy groups -OCH3 is 1. The molecule has 0 saturated heterocycles. The summed E-state index contributed by atoms with van der Waals surface area (Å²) < 4.78 is 5.68. The van der Waals surface area contributed by atoms with E-state index >= 15 is 0 Å². The van der Waals surface area contributed by atoms with Gasteiger partial charge in [0, 0.05) is 10.2 Å². The van der Waals surface area contributed by atoms with Crippen molar-refractivity contribution in [2.45, 2.75) is 17.7 Å². The third-order valence-electron chi connectivity index (χ3n) is 2.45. The molecule has 0 fully saturated rings. The van der Waals surface area contributed by atoms with E-state index in [4.69, 9.17) is 17.0 Å². The topological polar surface area (TPSA) is 26.3 Å². The van der Waals surface area contributed by atoms with Gasteiger partial charge in [-0.3, -0.25) is 4.79 Å². The summed E-state index contributed by atoms with van der Waals surface area (Å²) in [6, 6.07) is 10.9. The molecule has 2 nitrogen and oxygen atoms in total. The second kappa shape index (κ2) is 9.58. The summed E-state index contributed by atoms with van der Waals surface area (Å²) in [7, 11) is 2.65. The Balaban J connectivity index is 2.66. The second-order valence-electron chi connectivity index (χ2n) is 3.88. The van der Waals surface area contributed by atoms with Gasteiger partial charge in [-0.2, -0.15) is 0 Å². The largest absolute Gasteiger partial charge is 0.468 e. The Kier molecular flexibility index (Phi) is 8.44. The van der Waals surface area contributed by atoms with Gasteiger partial charge in [0.05, 0.1) is 7.11 Å². The van der Waals surface area contributed by atoms with E-state index in [0.29, 0.717) is 0 Å². The van der Waals surface area contributed by atoms with Crippen molar-refractivity contribution in [2.24, 2.45) is 0 Å². The normalized spacial score (nSPS) is 12.1. The monoisotopic (exact) mass is 330 g/mol. The average Bonchev–Trinajstić information content (AvgIpc) is 2.45. The van der Waals surface area contributed by atoms with Crippen molar-refractivity contribution in [2.75, 3.05) is 12.9 Å². The van der Waals surface area contributed by atoms with Crippen molar-refractivity contribution in [1.29, 1.82) is 0 Å². The van der Waals surface area contributed by atoms with E-state index in [1.807, 2.05) is 30.3 Å². The number of benzene rings is 1. The van der Waals surface area contributed by atoms with Crippen molar-refractivity contribution in [3.63, 3.8) is 0 Å². The van der Waals surface area contributed by atoms with Crippen LogP contribution < -0.4 is 0 Å². The molecule has 1 atom stereocenters. The first kappa shape index (κ1) is 16.8. The van der Waals surface area contributed by atoms with Crippen LogP contribution in [0.1, 0.15) is 17.2 Å². The van der Waals surface area contributed by atoms with Crippen LogP contribution in [0, 0.1) is 0 Å². The molecule has 1 rings (SSSR count). The predicted molar refractivity (Wildman–Crippen MR) is 93.2 cm³/mol. The summed E-state index contributed by atoms with van der Waals surface area (Å²) in [5.41, 5.74) is 0.935. The molecule has 0 aliphatic rings. The van der Waals surface area contributed by atoms with Crippen LogP contribution in [-0.2, 0) is 9.53 Å². The fourth-order valence-electron chi connectivity index (χ4n) is 1.42. The molecule has 0 bridgehead atoms. The van der Waals surface area contributed by atoms with Crippen LogP contribution >= 0.6 is 35.7 Å². The highest BCUT2D eigenvalue weighted by molar-refractivity contribution is 8.47. The van der Waals surface area contributed by atoms with Crippen LogP contribution in [0.5, 0.6) is 0 Å². The lowest BCUT2D eigenvalue weighted by molar-refractivity contribution is -0.140. The van der Waals surface area contributed by atoms with Gasteiger partial charge >= 0.3 is 5.97 Å². The van der Waals surface area contributed by atoms with Gasteiger partial charge in [-0.25, -0.2) is 0 Å². The minimum Gasteiger partial charge on any atom is -0.468 e. The molecular formula is C13H18O2S3Si. The molecule has 0 aromatic heterocycles. The predicted octanol–water partition coefficient (Wildman–Crippen LogP) is 2.83. The van der Waals surface area contributed by atoms with E-state index in [1.165, 1.54) is 41.6 Å². The second-order valence-corrected chi connectivity index (χ2v) is 8.29. The zero-order chi connectivity index (χ0) is 14.1. The molecule has 0 heterocycles. The Morgan fingerprint density at radius 1 is 1.42 bits per heavy atom. The maximum Gasteiger partial charge on any atom is 0.323 e. The molecule has 104 valence electrons. The van der Waals surface area contributed by atoms with Crippen LogP contribution in [0.15, 0.2) is 30.3 Å². The molecule has 6 heteroatoms. The van der Waals surface area contributed by atoms with Crippen LogP contribution in [0.4, 0.5) is 0 Å². The smallest absolute Gasteiger partial charge is 0.323 e. The SMILES string of the molecule is COC(=O)C(SC(=S)SCCC[SiH3])c1ccccc1. The summed E-state index contributed by atoms with van der Waals surface area (Å²) in [6.45, 7) is 0. The van der Waals surface area contributed by atoms with E-state index in [-0.39, 0.29) is 11.2 Å². The number of ether oxygens (including phenoxy) is 1. The Hall–Kier alpha value is -0.303. The van der Waals surface area contributed by atoms with Crippen molar-refractivity contribution in [3.8, 4) is 0 Å². The number of thioether (sulfide) groups is 2. The summed E-state index contributed by atoms with van der Waals surface area (Å²) in [5.74, 6) is 0.792. The summed E-state index contributed by atoms with van der Waals surface area (Å²) >= 11 is 8.41. The van der Waals surface area contributed by atoms with Gasteiger partial charge in [0.15, 0.2) is 0 Å². The van der Waals surface area contributed by atoms with E-state index in [2.05, 4.69) is 0 Å². The van der Waals surface area contributed by atoms with Crippen LogP contribution in [-0.4, -0.2) is 32.6 Å². The number of rotatable bonds is 6. The molecule has 0 radical (unpaired) electrons. The van der Waals surface area contributed by atoms with Gasteiger partial charge in [0.2, 0.25) is 0 Å². The molecule has 1 aromatic carbocycles. The summed E-state index contributed by atoms with van der Waals surface area (Å²) in [5, 5.41) is -0.359. The zero-order valence-corrected chi connectivity index (χ0v) is 15.6. The maximum absolute atomic E-state index is 11.9. The van der Waals surface area contributed by atoms with Gasteiger partial charge in [0.1, 0.15) is 8.78 Å². The van der Waals surface area contributed by atoms with Crippen molar-refractivity contribution in [1.82, 2.24) is 0 Å². The lowest BCUT2D eigenvalue weighted by Crippen LogP contribution is -2.12. The Morgan fingerprint density at radius 2 is 2.11 bits per heavy atom. The first-order valence-electron chi connectivity index (χ1n) is 6.15. The third-order valence-corrected chi connectivity index (χ3v) is 6.06. The number of thiocarbonyl (C=S) groups is 1. The van der Waals surface area contributed by atoms with Crippen molar-refractivity contribution < 1.29 is 9.53 Å². The standard InChI is InChI=1S/C13H18O2S3Si/c1-15-12(14)11(10-6-3-2-4-7-10)18-13(16)17-8-5-9-19/h2-4,6-7,11H,5,8-9H2,1,19H3. The van der Waals surface area contributed by atoms with Gasteiger partial charge in [0.25, 0.3) is 0 Å². The molecule has 0 spiro atoms. The van der Waals surface area contributed by atoms with Crippen molar-refractivity contribution >= 4 is 55.5 Å². The zero-order valence-electron chi connectivity index (χ0n) is 11.1. The highest BCUT2D eigenvalue weighted by Gasteiger charge is 2.23. The highest BCUT2D eigenvalue weighted by atomic mass is 32.2. The van der Waals surface area contributed by atoms with Gasteiger partial charge in [-0.05, 0) is 17.7 Å². The molecule has 0 N–H and O–H groups in total. The van der Waals surface area contributed by atoms with Crippen molar-refractivity contribution in [3.05, 3.63) is 35.9 Å². The third kappa shape index (κ3) is 6.12. The summed E-state index contributed by atoms with van der Waals surface area (Å²) in [4.78, 5) is 11.9. The Labute approximate surface area is 131 Å². The Bertz CT molecular complexity index is 412. The Morgan fingerprint density at radius 3 is 2.68 bits per heavy atom. The molecular weight excluding hydrogens is 312 g/mol. The minimum absolute atomic E-state index is 0.248. The first-order valence-corrected chi connectivity index (χ1v) is 9.84. The molecule has 0 aliphatic carbocycles. The molecule has 0 amide bonds. The minimum atomic E-state index is -0.359. The molecule has 0 saturated carbocycles. The van der Waals surface area contributed by atoms with E-state index in [0.717, 1.165) is 14.8 Å². The van der Waals surface area contributed by atoms with E-state index < -0.39 is 0 Å². The number of hydrogen-bond acceptors (Lipinski definition) is 5. The van der Waals surface area contributed by atoms with Crippen LogP contribution in [0.25, 0.3) is 0 Å². The fourth-order valence-corrected chi connectivity index (χ4v) is 4.91. The van der Waals surface area contributed by atoms with Crippen LogP contribution in [0.2, 0.25) is 6.04 Å². The molecule has 1 unspecified atom stereocenters. The number of hydrogen-bond donors (Lipinski definition) is 0. The maximum atomic E-state index is 11.9. The lowest BCUT2D eigenvalue weighted by atomic mass is 10.1. The van der Waals surface area contributed by atoms with Crippen LogP contribution in [0.3, 0.4) is 0 Å². The quantitative estimate of drug-likeness (QED) is 0.346. The summed E-state index contributed by atoms with van der Waals surface area (Å²) in [6.07, 6.45) is 1.20. The first-order chi connectivity index (χ1) is 9.19. The van der Waals surface area contributed by atoms with Gasteiger partial charge < -0.3 is 4.74 Å². The number of carbonyl (C=O) groups is 1. The number of carbonyl (C=O) groups excluding carboxylic acids is 1. The molecule has 0 aliphatic heterocycles. The average molecular weight is 331 g/mol. The molecule has 1 aromatic rings. The van der Waals surface area contributed by atoms with Gasteiger partial charge in [-0.1, -0.05) is 60.4 Å².